The topological polar surface area (TPSA) is 38.7 Å². The van der Waals surface area contributed by atoms with Crippen molar-refractivity contribution in [2.24, 2.45) is 0 Å². The summed E-state index contributed by atoms with van der Waals surface area (Å²) < 4.78 is 1.18. The van der Waals surface area contributed by atoms with Gasteiger partial charge >= 0.3 is 0 Å². The average Bonchev–Trinajstić information content (AvgIpc) is 3.59. The smallest absolute Gasteiger partial charge is 0.0283 e. The molecule has 0 aliphatic carbocycles. The van der Waals surface area contributed by atoms with Crippen LogP contribution in [-0.4, -0.2) is 15.0 Å². The molecule has 4 heterocycles. The third-order valence-corrected chi connectivity index (χ3v) is 10.5. The molecule has 1 radical (unpaired) electrons. The Morgan fingerprint density at radius 3 is 2.18 bits per heavy atom. The van der Waals surface area contributed by atoms with Gasteiger partial charge in [-0.2, -0.15) is 11.3 Å². The van der Waals surface area contributed by atoms with E-state index in [-0.39, 0.29) is 25.5 Å². The van der Waals surface area contributed by atoms with E-state index in [1.54, 1.807) is 11.3 Å². The molecule has 257 valence electrons. The van der Waals surface area contributed by atoms with E-state index in [9.17, 15) is 0 Å². The van der Waals surface area contributed by atoms with Crippen LogP contribution >= 0.6 is 11.3 Å². The van der Waals surface area contributed by atoms with Gasteiger partial charge in [-0.3, -0.25) is 9.97 Å². The Labute approximate surface area is 319 Å². The van der Waals surface area contributed by atoms with Gasteiger partial charge < -0.3 is 4.98 Å². The maximum Gasteiger partial charge on any atom is 0.0283 e. The van der Waals surface area contributed by atoms with Crippen LogP contribution in [0.4, 0.5) is 0 Å². The molecule has 0 saturated carbocycles. The van der Waals surface area contributed by atoms with E-state index < -0.39 is 0 Å². The van der Waals surface area contributed by atoms with Gasteiger partial charge in [-0.25, -0.2) is 0 Å². The van der Waals surface area contributed by atoms with Crippen molar-refractivity contribution in [3.63, 3.8) is 0 Å². The molecule has 5 heteroatoms. The van der Waals surface area contributed by atoms with Crippen LogP contribution in [0.5, 0.6) is 0 Å². The van der Waals surface area contributed by atoms with Crippen LogP contribution in [0.15, 0.2) is 103 Å². The van der Waals surface area contributed by atoms with Crippen molar-refractivity contribution >= 4 is 43.1 Å². The van der Waals surface area contributed by atoms with E-state index in [1.165, 1.54) is 48.9 Å². The monoisotopic (exact) mass is 860 g/mol. The molecule has 0 fully saturated rings. The molecule has 0 aliphatic rings. The van der Waals surface area contributed by atoms with Crippen molar-refractivity contribution in [1.82, 2.24) is 15.0 Å². The standard InChI is InChI=1S/C31H25N2S.C15H16N.Ir/c1-19-14-27-26(16-21-12-13-34-30(21)29(27)33-17-19)28-11-8-22(18-32-28)24-7-5-6-20-15-23(31(2,3)4)9-10-25(20)24;1-10-5-6-14(7-11(10)2)15-8-12(3)13(4)9-16-15;/h5-15,17-18H,1-4H3;5,7-9H,1-4H3;/q2*-1;. The Bertz CT molecular complexity index is 2470. The molecule has 3 nitrogen and oxygen atoms in total. The molecule has 0 aliphatic heterocycles. The number of aromatic nitrogens is 3. The maximum atomic E-state index is 4.90. The van der Waals surface area contributed by atoms with E-state index in [4.69, 9.17) is 9.97 Å². The first-order chi connectivity index (χ1) is 24.0. The van der Waals surface area contributed by atoms with E-state index >= 15 is 0 Å². The van der Waals surface area contributed by atoms with Gasteiger partial charge in [0.2, 0.25) is 0 Å². The molecule has 51 heavy (non-hydrogen) atoms. The second-order valence-electron chi connectivity index (χ2n) is 14.4. The summed E-state index contributed by atoms with van der Waals surface area (Å²) >= 11 is 1.72. The number of thiophene rings is 1. The number of pyridine rings is 3. The molecule has 4 aromatic heterocycles. The molecule has 0 bridgehead atoms. The Hall–Kier alpha value is -4.54. The molecule has 0 amide bonds. The van der Waals surface area contributed by atoms with Crippen molar-refractivity contribution in [2.45, 2.75) is 60.8 Å². The van der Waals surface area contributed by atoms with Gasteiger partial charge in [0.1, 0.15) is 0 Å². The summed E-state index contributed by atoms with van der Waals surface area (Å²) in [5, 5.41) is 6.82. The molecule has 0 saturated heterocycles. The van der Waals surface area contributed by atoms with Crippen molar-refractivity contribution in [1.29, 1.82) is 0 Å². The maximum absolute atomic E-state index is 4.90. The second-order valence-corrected chi connectivity index (χ2v) is 15.3. The van der Waals surface area contributed by atoms with Gasteiger partial charge in [0, 0.05) is 49.9 Å². The predicted molar refractivity (Wildman–Crippen MR) is 213 cm³/mol. The first kappa shape index (κ1) is 36.3. The molecule has 4 aromatic carbocycles. The molecule has 0 spiro atoms. The van der Waals surface area contributed by atoms with Gasteiger partial charge in [0.25, 0.3) is 0 Å². The molecule has 0 N–H and O–H groups in total. The quantitative estimate of drug-likeness (QED) is 0.166. The number of fused-ring (bicyclic) bond motifs is 4. The van der Waals surface area contributed by atoms with E-state index in [2.05, 4.69) is 151 Å². The number of rotatable bonds is 3. The zero-order chi connectivity index (χ0) is 35.2. The second kappa shape index (κ2) is 14.6. The first-order valence-corrected chi connectivity index (χ1v) is 18.0. The molecular formula is C46H41IrN3S-2. The fraction of sp³-hybridized carbons (Fsp3) is 0.196. The summed E-state index contributed by atoms with van der Waals surface area (Å²) in [5.41, 5.74) is 15.0. The third kappa shape index (κ3) is 7.44. The van der Waals surface area contributed by atoms with Crippen molar-refractivity contribution < 1.29 is 20.1 Å². The molecule has 8 aromatic rings. The molecule has 0 unspecified atom stereocenters. The van der Waals surface area contributed by atoms with E-state index in [1.807, 2.05) is 24.7 Å². The Morgan fingerprint density at radius 2 is 1.45 bits per heavy atom. The van der Waals surface area contributed by atoms with Crippen LogP contribution in [0.25, 0.3) is 65.4 Å². The Kier molecular flexibility index (Phi) is 10.4. The van der Waals surface area contributed by atoms with Crippen molar-refractivity contribution in [2.75, 3.05) is 0 Å². The number of benzene rings is 4. The summed E-state index contributed by atoms with van der Waals surface area (Å²) in [4.78, 5) is 14.1. The average molecular weight is 860 g/mol. The van der Waals surface area contributed by atoms with Crippen LogP contribution in [-0.2, 0) is 25.5 Å². The van der Waals surface area contributed by atoms with E-state index in [0.29, 0.717) is 0 Å². The minimum Gasteiger partial charge on any atom is -0.304 e. The van der Waals surface area contributed by atoms with Gasteiger partial charge in [-0.15, -0.1) is 52.4 Å². The number of aryl methyl sites for hydroxylation is 5. The number of nitrogens with zero attached hydrogens (tertiary/aromatic N) is 3. The van der Waals surface area contributed by atoms with Crippen molar-refractivity contribution in [3.05, 3.63) is 148 Å². The summed E-state index contributed by atoms with van der Waals surface area (Å²) in [5.74, 6) is 0. The fourth-order valence-electron chi connectivity index (χ4n) is 6.23. The third-order valence-electron chi connectivity index (χ3n) is 9.59. The Balaban J connectivity index is 0.000000222. The minimum absolute atomic E-state index is 0. The normalized spacial score (nSPS) is 11.4. The van der Waals surface area contributed by atoms with Gasteiger partial charge in [-0.1, -0.05) is 112 Å². The first-order valence-electron chi connectivity index (χ1n) is 17.1. The summed E-state index contributed by atoms with van der Waals surface area (Å²) in [6.07, 6.45) is 5.85. The van der Waals surface area contributed by atoms with Crippen molar-refractivity contribution in [3.8, 4) is 33.6 Å². The fourth-order valence-corrected chi connectivity index (χ4v) is 7.09. The van der Waals surface area contributed by atoms with Crippen LogP contribution in [0.1, 0.15) is 54.2 Å². The van der Waals surface area contributed by atoms with Crippen LogP contribution in [0.3, 0.4) is 0 Å². The van der Waals surface area contributed by atoms with Crippen LogP contribution in [0, 0.1) is 46.8 Å². The van der Waals surface area contributed by atoms with Gasteiger partial charge in [0.15, 0.2) is 0 Å². The minimum atomic E-state index is 0. The van der Waals surface area contributed by atoms with Gasteiger partial charge in [-0.05, 0) is 80.5 Å². The summed E-state index contributed by atoms with van der Waals surface area (Å²) in [6.45, 7) is 17.3. The predicted octanol–water partition coefficient (Wildman–Crippen LogP) is 12.5. The molecule has 0 atom stereocenters. The van der Waals surface area contributed by atoms with Crippen LogP contribution < -0.4 is 0 Å². The summed E-state index contributed by atoms with van der Waals surface area (Å²) in [7, 11) is 0. The Morgan fingerprint density at radius 1 is 0.667 bits per heavy atom. The SMILES string of the molecule is Cc1c[c-]c(-c2cc(C)c(C)cn2)cc1C.Cc1cnc2c(c1)c(-c1ccc(-c3cccc4cc(C(C)(C)C)ccc34)cn1)[c-]c1ccsc12.[Ir]. The van der Waals surface area contributed by atoms with Gasteiger partial charge in [0.05, 0.1) is 0 Å². The number of hydrogen-bond acceptors (Lipinski definition) is 4. The summed E-state index contributed by atoms with van der Waals surface area (Å²) in [6, 6.07) is 35.1. The molecule has 8 rings (SSSR count). The zero-order valence-electron chi connectivity index (χ0n) is 30.4. The molecular weight excluding hydrogens is 819 g/mol. The number of hydrogen-bond donors (Lipinski definition) is 0. The van der Waals surface area contributed by atoms with E-state index in [0.717, 1.165) is 49.9 Å². The largest absolute Gasteiger partial charge is 0.304 e. The van der Waals surface area contributed by atoms with Crippen LogP contribution in [0.2, 0.25) is 0 Å². The zero-order valence-corrected chi connectivity index (χ0v) is 33.6.